The molecule has 0 spiro atoms. The van der Waals surface area contributed by atoms with Crippen molar-refractivity contribution in [1.29, 1.82) is 0 Å². The average molecular weight is 1060 g/mol. The standard InChI is InChI=1S/C70H118O6/c1-4-7-10-13-16-19-22-24-26-28-30-31-32-33-34-35-36-37-38-39-41-42-44-46-48-51-54-57-60-63-69(72)75-66-67(65-74-68(71)62-59-56-53-50-21-18-15-12-9-6-3)76-70(73)64-61-58-55-52-49-47-45-43-40-29-27-25-23-20-17-14-11-8-5-2/h7,10,16,19,24,26,30-31,33-34,36-37,39,41,44,46,51,54,67H,4-6,8-9,11-15,17-18,20-23,25,27-29,32,35,38,40,42-43,45,47-50,52-53,55-66H2,1-3H3/b10-7-,19-16-,26-24-,31-30-,34-33-,37-36-,41-39-,46-44-,54-51-. The van der Waals surface area contributed by atoms with Crippen LogP contribution >= 0.6 is 0 Å². The van der Waals surface area contributed by atoms with Crippen molar-refractivity contribution in [3.8, 4) is 0 Å². The number of allylic oxidation sites excluding steroid dienone is 18. The Labute approximate surface area is 470 Å². The van der Waals surface area contributed by atoms with Gasteiger partial charge in [-0.3, -0.25) is 14.4 Å². The van der Waals surface area contributed by atoms with Gasteiger partial charge in [-0.05, 0) is 83.5 Å². The molecule has 0 aliphatic heterocycles. The van der Waals surface area contributed by atoms with Gasteiger partial charge in [-0.15, -0.1) is 0 Å². The van der Waals surface area contributed by atoms with Crippen molar-refractivity contribution in [2.24, 2.45) is 0 Å². The molecule has 76 heavy (non-hydrogen) atoms. The minimum absolute atomic E-state index is 0.0929. The molecule has 0 aromatic rings. The normalized spacial score (nSPS) is 12.8. The molecule has 0 aromatic carbocycles. The topological polar surface area (TPSA) is 78.9 Å². The summed E-state index contributed by atoms with van der Waals surface area (Å²) in [6.45, 7) is 6.49. The molecule has 0 aliphatic carbocycles. The Hall–Kier alpha value is -3.93. The fraction of sp³-hybridized carbons (Fsp3) is 0.700. The second-order valence-electron chi connectivity index (χ2n) is 21.0. The van der Waals surface area contributed by atoms with E-state index in [1.54, 1.807) is 0 Å². The predicted octanol–water partition coefficient (Wildman–Crippen LogP) is 21.8. The largest absolute Gasteiger partial charge is 0.462 e. The Balaban J connectivity index is 4.36. The highest BCUT2D eigenvalue weighted by Gasteiger charge is 2.19. The van der Waals surface area contributed by atoms with Crippen LogP contribution in [0, 0.1) is 0 Å². The molecular formula is C70H118O6. The average Bonchev–Trinajstić information content (AvgIpc) is 3.42. The number of rotatable bonds is 57. The summed E-state index contributed by atoms with van der Waals surface area (Å²) in [5.74, 6) is -0.948. The van der Waals surface area contributed by atoms with Crippen LogP contribution in [0.15, 0.2) is 109 Å². The first kappa shape index (κ1) is 72.1. The molecule has 0 fully saturated rings. The summed E-state index contributed by atoms with van der Waals surface area (Å²) in [6, 6.07) is 0. The number of esters is 3. The SMILES string of the molecule is CC/C=C\C/C=C\C/C=C\C/C=C\C/C=C\C/C=C\C/C=C\C/C=C\C/C=C\CCCC(=O)OCC(COC(=O)CCCCCCCCCCCC)OC(=O)CCCCCCCCCCCCCCCCCCCCC. The van der Waals surface area contributed by atoms with Gasteiger partial charge in [0.1, 0.15) is 13.2 Å². The van der Waals surface area contributed by atoms with Crippen LogP contribution < -0.4 is 0 Å². The van der Waals surface area contributed by atoms with Crippen molar-refractivity contribution in [3.05, 3.63) is 109 Å². The second kappa shape index (κ2) is 63.6. The molecule has 434 valence electrons. The molecule has 0 amide bonds. The lowest BCUT2D eigenvalue weighted by atomic mass is 10.0. The van der Waals surface area contributed by atoms with E-state index in [2.05, 4.69) is 130 Å². The maximum absolute atomic E-state index is 12.9. The Morgan fingerprint density at radius 2 is 0.513 bits per heavy atom. The Morgan fingerprint density at radius 3 is 0.803 bits per heavy atom. The quantitative estimate of drug-likeness (QED) is 0.0261. The molecule has 0 rings (SSSR count). The van der Waals surface area contributed by atoms with Crippen LogP contribution in [0.25, 0.3) is 0 Å². The highest BCUT2D eigenvalue weighted by Crippen LogP contribution is 2.16. The molecule has 1 unspecified atom stereocenters. The summed E-state index contributed by atoms with van der Waals surface area (Å²) in [6.07, 6.45) is 86.8. The Kier molecular flexibility index (Phi) is 60.3. The van der Waals surface area contributed by atoms with Crippen LogP contribution in [0.2, 0.25) is 0 Å². The molecule has 0 radical (unpaired) electrons. The zero-order valence-corrected chi connectivity index (χ0v) is 49.7. The van der Waals surface area contributed by atoms with E-state index < -0.39 is 6.10 Å². The number of hydrogen-bond donors (Lipinski definition) is 0. The maximum atomic E-state index is 12.9. The summed E-state index contributed by atoms with van der Waals surface area (Å²) in [5.41, 5.74) is 0. The molecule has 6 nitrogen and oxygen atoms in total. The summed E-state index contributed by atoms with van der Waals surface area (Å²) < 4.78 is 16.8. The molecule has 0 N–H and O–H groups in total. The van der Waals surface area contributed by atoms with E-state index in [4.69, 9.17) is 14.2 Å². The van der Waals surface area contributed by atoms with Crippen LogP contribution in [0.3, 0.4) is 0 Å². The Bertz CT molecular complexity index is 1540. The highest BCUT2D eigenvalue weighted by molar-refractivity contribution is 5.71. The third-order valence-electron chi connectivity index (χ3n) is 13.5. The van der Waals surface area contributed by atoms with Crippen molar-refractivity contribution in [3.63, 3.8) is 0 Å². The Morgan fingerprint density at radius 1 is 0.276 bits per heavy atom. The zero-order valence-electron chi connectivity index (χ0n) is 49.7. The maximum Gasteiger partial charge on any atom is 0.306 e. The summed E-state index contributed by atoms with van der Waals surface area (Å²) >= 11 is 0. The smallest absolute Gasteiger partial charge is 0.306 e. The molecule has 0 heterocycles. The molecule has 0 aromatic heterocycles. The van der Waals surface area contributed by atoms with Crippen LogP contribution in [0.5, 0.6) is 0 Å². The van der Waals surface area contributed by atoms with E-state index in [1.165, 1.54) is 148 Å². The number of hydrogen-bond acceptors (Lipinski definition) is 6. The molecule has 1 atom stereocenters. The second-order valence-corrected chi connectivity index (χ2v) is 21.0. The van der Waals surface area contributed by atoms with E-state index in [-0.39, 0.29) is 37.5 Å². The van der Waals surface area contributed by atoms with Gasteiger partial charge in [0.25, 0.3) is 0 Å². The molecule has 0 aliphatic rings. The fourth-order valence-corrected chi connectivity index (χ4v) is 8.80. The lowest BCUT2D eigenvalue weighted by molar-refractivity contribution is -0.167. The van der Waals surface area contributed by atoms with E-state index in [0.717, 1.165) is 103 Å². The first-order chi connectivity index (χ1) is 37.5. The van der Waals surface area contributed by atoms with Crippen molar-refractivity contribution in [2.45, 2.75) is 303 Å². The monoisotopic (exact) mass is 1050 g/mol. The minimum Gasteiger partial charge on any atom is -0.462 e. The minimum atomic E-state index is -0.799. The van der Waals surface area contributed by atoms with Crippen molar-refractivity contribution in [2.75, 3.05) is 13.2 Å². The van der Waals surface area contributed by atoms with Crippen molar-refractivity contribution in [1.82, 2.24) is 0 Å². The van der Waals surface area contributed by atoms with E-state index in [0.29, 0.717) is 19.3 Å². The van der Waals surface area contributed by atoms with Gasteiger partial charge in [-0.1, -0.05) is 304 Å². The van der Waals surface area contributed by atoms with Crippen LogP contribution in [0.1, 0.15) is 297 Å². The summed E-state index contributed by atoms with van der Waals surface area (Å²) in [5, 5.41) is 0. The molecule has 0 saturated carbocycles. The van der Waals surface area contributed by atoms with Crippen LogP contribution in [0.4, 0.5) is 0 Å². The molecule has 0 bridgehead atoms. The van der Waals surface area contributed by atoms with Gasteiger partial charge >= 0.3 is 17.9 Å². The lowest BCUT2D eigenvalue weighted by Gasteiger charge is -2.18. The molecule has 6 heteroatoms. The first-order valence-corrected chi connectivity index (χ1v) is 31.9. The van der Waals surface area contributed by atoms with Crippen LogP contribution in [-0.2, 0) is 28.6 Å². The van der Waals surface area contributed by atoms with Crippen molar-refractivity contribution < 1.29 is 28.6 Å². The van der Waals surface area contributed by atoms with E-state index in [1.807, 2.05) is 0 Å². The summed E-state index contributed by atoms with van der Waals surface area (Å²) in [4.78, 5) is 38.2. The predicted molar refractivity (Wildman–Crippen MR) is 330 cm³/mol. The van der Waals surface area contributed by atoms with Gasteiger partial charge in [0.2, 0.25) is 0 Å². The lowest BCUT2D eigenvalue weighted by Crippen LogP contribution is -2.30. The van der Waals surface area contributed by atoms with Gasteiger partial charge in [0, 0.05) is 19.3 Å². The fourth-order valence-electron chi connectivity index (χ4n) is 8.80. The zero-order chi connectivity index (χ0) is 55.0. The van der Waals surface area contributed by atoms with Gasteiger partial charge in [0.15, 0.2) is 6.10 Å². The first-order valence-electron chi connectivity index (χ1n) is 31.9. The molecular weight excluding hydrogens is 937 g/mol. The van der Waals surface area contributed by atoms with Crippen LogP contribution in [-0.4, -0.2) is 37.2 Å². The number of carbonyl (C=O) groups is 3. The van der Waals surface area contributed by atoms with Gasteiger partial charge < -0.3 is 14.2 Å². The third kappa shape index (κ3) is 60.9. The van der Waals surface area contributed by atoms with E-state index in [9.17, 15) is 14.4 Å². The van der Waals surface area contributed by atoms with Crippen molar-refractivity contribution >= 4 is 17.9 Å². The number of carbonyl (C=O) groups excluding carboxylic acids is 3. The van der Waals surface area contributed by atoms with E-state index >= 15 is 0 Å². The van der Waals surface area contributed by atoms with Gasteiger partial charge in [-0.2, -0.15) is 0 Å². The number of unbranched alkanes of at least 4 members (excludes halogenated alkanes) is 28. The third-order valence-corrected chi connectivity index (χ3v) is 13.5. The number of ether oxygens (including phenoxy) is 3. The molecule has 0 saturated heterocycles. The van der Waals surface area contributed by atoms with Gasteiger partial charge in [-0.25, -0.2) is 0 Å². The van der Waals surface area contributed by atoms with Gasteiger partial charge in [0.05, 0.1) is 0 Å². The highest BCUT2D eigenvalue weighted by atomic mass is 16.6. The summed E-state index contributed by atoms with van der Waals surface area (Å²) in [7, 11) is 0.